The fourth-order valence-corrected chi connectivity index (χ4v) is 11.9. The number of rotatable bonds is 4. The highest BCUT2D eigenvalue weighted by Gasteiger charge is 2.27. The van der Waals surface area contributed by atoms with Gasteiger partial charge in [-0.2, -0.15) is 0 Å². The molecule has 14 rings (SSSR count). The van der Waals surface area contributed by atoms with Gasteiger partial charge in [-0.15, -0.1) is 11.3 Å². The van der Waals surface area contributed by atoms with E-state index in [0.29, 0.717) is 0 Å². The highest BCUT2D eigenvalue weighted by Crippen LogP contribution is 2.52. The molecular formula is C56H32N2S. The van der Waals surface area contributed by atoms with Crippen LogP contribution in [0.15, 0.2) is 194 Å². The van der Waals surface area contributed by atoms with Gasteiger partial charge in [0.25, 0.3) is 0 Å². The maximum absolute atomic E-state index is 2.55. The molecule has 59 heavy (non-hydrogen) atoms. The summed E-state index contributed by atoms with van der Waals surface area (Å²) in [4.78, 5) is 2.64. The SMILES string of the molecule is c1ccc(-c2sc(-c3ccccc3)c3c2c2cccc4c5cc(-c6ccc7c(c6)c6ccccc6n7-c6ccc7c8c(cccc68)-c6ccccc6-7)ccc5n3c42)cc1. The molecule has 0 atom stereocenters. The van der Waals surface area contributed by atoms with E-state index in [1.807, 2.05) is 11.3 Å². The Morgan fingerprint density at radius 3 is 1.64 bits per heavy atom. The van der Waals surface area contributed by atoms with Gasteiger partial charge in [-0.25, -0.2) is 0 Å². The summed E-state index contributed by atoms with van der Waals surface area (Å²) < 4.78 is 5.04. The van der Waals surface area contributed by atoms with Crippen molar-refractivity contribution in [3.05, 3.63) is 194 Å². The Labute approximate surface area is 343 Å². The Balaban J connectivity index is 0.980. The van der Waals surface area contributed by atoms with Crippen molar-refractivity contribution >= 4 is 82.0 Å². The highest BCUT2D eigenvalue weighted by molar-refractivity contribution is 7.21. The number of aromatic nitrogens is 2. The van der Waals surface area contributed by atoms with Gasteiger partial charge in [0.15, 0.2) is 0 Å². The van der Waals surface area contributed by atoms with Crippen LogP contribution in [0.5, 0.6) is 0 Å². The minimum Gasteiger partial charge on any atom is -0.309 e. The summed E-state index contributed by atoms with van der Waals surface area (Å²) in [6.07, 6.45) is 0. The van der Waals surface area contributed by atoms with Crippen molar-refractivity contribution in [3.63, 3.8) is 0 Å². The van der Waals surface area contributed by atoms with Gasteiger partial charge in [0, 0.05) is 42.6 Å². The second-order valence-corrected chi connectivity index (χ2v) is 17.0. The van der Waals surface area contributed by atoms with Crippen LogP contribution in [0.2, 0.25) is 0 Å². The lowest BCUT2D eigenvalue weighted by molar-refractivity contribution is 1.20. The highest BCUT2D eigenvalue weighted by atomic mass is 32.1. The van der Waals surface area contributed by atoms with E-state index in [1.54, 1.807) is 0 Å². The topological polar surface area (TPSA) is 9.34 Å². The van der Waals surface area contributed by atoms with Gasteiger partial charge >= 0.3 is 0 Å². The van der Waals surface area contributed by atoms with E-state index in [1.165, 1.54) is 131 Å². The summed E-state index contributed by atoms with van der Waals surface area (Å²) in [6.45, 7) is 0. The van der Waals surface area contributed by atoms with Crippen LogP contribution in [-0.4, -0.2) is 8.97 Å². The average molecular weight is 765 g/mol. The molecule has 1 aliphatic rings. The van der Waals surface area contributed by atoms with Gasteiger partial charge in [-0.1, -0.05) is 158 Å². The minimum absolute atomic E-state index is 1.22. The zero-order valence-corrected chi connectivity index (χ0v) is 32.6. The number of fused-ring (bicyclic) bond motifs is 12. The van der Waals surface area contributed by atoms with Crippen molar-refractivity contribution in [3.8, 4) is 59.9 Å². The lowest BCUT2D eigenvalue weighted by Crippen LogP contribution is -1.95. The summed E-state index contributed by atoms with van der Waals surface area (Å²) in [5.74, 6) is 0. The van der Waals surface area contributed by atoms with Crippen molar-refractivity contribution in [2.75, 3.05) is 0 Å². The molecule has 13 aromatic rings. The predicted molar refractivity (Wildman–Crippen MR) is 252 cm³/mol. The van der Waals surface area contributed by atoms with Gasteiger partial charge in [0.1, 0.15) is 0 Å². The average Bonchev–Trinajstić information content (AvgIpc) is 4.10. The molecule has 9 aromatic carbocycles. The number of para-hydroxylation sites is 2. The normalized spacial score (nSPS) is 12.4. The molecule has 0 N–H and O–H groups in total. The van der Waals surface area contributed by atoms with Gasteiger partial charge in [-0.05, 0) is 86.3 Å². The van der Waals surface area contributed by atoms with Crippen molar-refractivity contribution in [1.82, 2.24) is 8.97 Å². The maximum Gasteiger partial charge on any atom is 0.0734 e. The van der Waals surface area contributed by atoms with Crippen molar-refractivity contribution in [1.29, 1.82) is 0 Å². The lowest BCUT2D eigenvalue weighted by Gasteiger charge is -2.13. The van der Waals surface area contributed by atoms with E-state index in [4.69, 9.17) is 0 Å². The number of nitrogens with zero attached hydrogens (tertiary/aromatic N) is 2. The molecule has 0 aliphatic heterocycles. The van der Waals surface area contributed by atoms with Crippen LogP contribution in [-0.2, 0) is 0 Å². The second kappa shape index (κ2) is 11.6. The largest absolute Gasteiger partial charge is 0.309 e. The maximum atomic E-state index is 2.55. The van der Waals surface area contributed by atoms with Crippen molar-refractivity contribution in [2.45, 2.75) is 0 Å². The molecule has 0 saturated carbocycles. The van der Waals surface area contributed by atoms with E-state index in [0.717, 1.165) is 0 Å². The van der Waals surface area contributed by atoms with Gasteiger partial charge in [0.2, 0.25) is 0 Å². The molecule has 0 unspecified atom stereocenters. The van der Waals surface area contributed by atoms with E-state index in [9.17, 15) is 0 Å². The van der Waals surface area contributed by atoms with Gasteiger partial charge in [0.05, 0.1) is 38.1 Å². The second-order valence-electron chi connectivity index (χ2n) is 16.0. The minimum atomic E-state index is 1.22. The molecule has 0 saturated heterocycles. The smallest absolute Gasteiger partial charge is 0.0734 e. The van der Waals surface area contributed by atoms with E-state index < -0.39 is 0 Å². The first-order valence-electron chi connectivity index (χ1n) is 20.4. The monoisotopic (exact) mass is 764 g/mol. The van der Waals surface area contributed by atoms with Crippen LogP contribution in [0.1, 0.15) is 0 Å². The quantitative estimate of drug-likeness (QED) is 0.169. The Hall–Kier alpha value is -7.46. The first-order chi connectivity index (χ1) is 29.3. The van der Waals surface area contributed by atoms with Crippen LogP contribution in [0.4, 0.5) is 0 Å². The third-order valence-electron chi connectivity index (χ3n) is 13.0. The fraction of sp³-hybridized carbons (Fsp3) is 0. The third-order valence-corrected chi connectivity index (χ3v) is 14.3. The molecule has 0 amide bonds. The Bertz CT molecular complexity index is 3850. The van der Waals surface area contributed by atoms with E-state index in [2.05, 4.69) is 203 Å². The Morgan fingerprint density at radius 1 is 0.305 bits per heavy atom. The predicted octanol–water partition coefficient (Wildman–Crippen LogP) is 15.8. The standard InChI is InChI=1S/C56H32N2S/c1-3-13-33(14-4-1)55-52-44-23-12-21-42-46-32-36(26-29-50(46)58(53(42)44)54(52)56(59-55)34-15-5-2-6-16-34)35-25-28-49-45(31-35)39-19-9-10-24-47(39)57(49)48-30-27-41-38-18-8-7-17-37(38)40-20-11-22-43(48)51(40)41/h1-32H. The summed E-state index contributed by atoms with van der Waals surface area (Å²) >= 11 is 1.91. The first kappa shape index (κ1) is 31.6. The number of hydrogen-bond acceptors (Lipinski definition) is 1. The van der Waals surface area contributed by atoms with Crippen LogP contribution in [0.25, 0.3) is 131 Å². The van der Waals surface area contributed by atoms with Gasteiger partial charge < -0.3 is 8.97 Å². The van der Waals surface area contributed by atoms with Crippen molar-refractivity contribution < 1.29 is 0 Å². The third kappa shape index (κ3) is 4.14. The molecule has 3 heteroatoms. The first-order valence-corrected chi connectivity index (χ1v) is 21.2. The van der Waals surface area contributed by atoms with Crippen LogP contribution >= 0.6 is 11.3 Å². The molecule has 0 fully saturated rings. The van der Waals surface area contributed by atoms with Crippen LogP contribution in [0, 0.1) is 0 Å². The lowest BCUT2D eigenvalue weighted by atomic mass is 9.99. The molecular weight excluding hydrogens is 733 g/mol. The Morgan fingerprint density at radius 2 is 0.864 bits per heavy atom. The molecule has 2 nitrogen and oxygen atoms in total. The molecule has 272 valence electrons. The zero-order chi connectivity index (χ0) is 38.3. The van der Waals surface area contributed by atoms with Crippen LogP contribution in [0.3, 0.4) is 0 Å². The number of hydrogen-bond donors (Lipinski definition) is 0. The number of thiophene rings is 1. The summed E-state index contributed by atoms with van der Waals surface area (Å²) in [5, 5.41) is 10.4. The molecule has 0 bridgehead atoms. The Kier molecular flexibility index (Phi) is 6.20. The molecule has 4 aromatic heterocycles. The van der Waals surface area contributed by atoms with Crippen LogP contribution < -0.4 is 0 Å². The molecule has 4 heterocycles. The number of benzene rings is 9. The molecule has 1 aliphatic carbocycles. The van der Waals surface area contributed by atoms with Gasteiger partial charge in [-0.3, -0.25) is 0 Å². The zero-order valence-electron chi connectivity index (χ0n) is 31.8. The van der Waals surface area contributed by atoms with Crippen molar-refractivity contribution in [2.24, 2.45) is 0 Å². The molecule has 0 spiro atoms. The summed E-state index contributed by atoms with van der Waals surface area (Å²) in [7, 11) is 0. The molecule has 0 radical (unpaired) electrons. The fourth-order valence-electron chi connectivity index (χ4n) is 10.5. The van der Waals surface area contributed by atoms with E-state index in [-0.39, 0.29) is 0 Å². The summed E-state index contributed by atoms with van der Waals surface area (Å²) in [5.41, 5.74) is 17.8. The summed E-state index contributed by atoms with van der Waals surface area (Å²) in [6, 6.07) is 72.1. The van der Waals surface area contributed by atoms with E-state index >= 15 is 0 Å².